The first-order chi connectivity index (χ1) is 6.91. The lowest BCUT2D eigenvalue weighted by atomic mass is 10.2. The van der Waals surface area contributed by atoms with Crippen molar-refractivity contribution < 1.29 is 12.6 Å². The van der Waals surface area contributed by atoms with Gasteiger partial charge in [0.15, 0.2) is 0 Å². The highest BCUT2D eigenvalue weighted by Gasteiger charge is 2.43. The Morgan fingerprint density at radius 1 is 1.20 bits per heavy atom. The van der Waals surface area contributed by atoms with E-state index in [1.165, 1.54) is 0 Å². The highest BCUT2D eigenvalue weighted by molar-refractivity contribution is 7.86. The van der Waals surface area contributed by atoms with Crippen molar-refractivity contribution >= 4 is 10.1 Å². The van der Waals surface area contributed by atoms with Gasteiger partial charge in [-0.15, -0.1) is 0 Å². The predicted octanol–water partition coefficient (Wildman–Crippen LogP) is 2.25. The van der Waals surface area contributed by atoms with Gasteiger partial charge in [-0.3, -0.25) is 4.18 Å². The summed E-state index contributed by atoms with van der Waals surface area (Å²) in [5.74, 6) is 0. The molecule has 0 amide bonds. The highest BCUT2D eigenvalue weighted by Crippen LogP contribution is 2.41. The Bertz CT molecular complexity index is 455. The molecule has 0 aliphatic heterocycles. The number of benzene rings is 1. The zero-order valence-electron chi connectivity index (χ0n) is 8.86. The van der Waals surface area contributed by atoms with Crippen LogP contribution in [-0.4, -0.2) is 14.0 Å². The molecule has 82 valence electrons. The van der Waals surface area contributed by atoms with Crippen molar-refractivity contribution in [2.24, 2.45) is 0 Å². The van der Waals surface area contributed by atoms with Gasteiger partial charge in [-0.1, -0.05) is 17.7 Å². The summed E-state index contributed by atoms with van der Waals surface area (Å²) in [5, 5.41) is 0. The molecule has 1 aromatic carbocycles. The Hall–Kier alpha value is -0.870. The lowest BCUT2D eigenvalue weighted by Crippen LogP contribution is -2.16. The van der Waals surface area contributed by atoms with Crippen LogP contribution in [0.4, 0.5) is 0 Å². The minimum atomic E-state index is -3.57. The van der Waals surface area contributed by atoms with Crippen molar-refractivity contribution in [1.29, 1.82) is 0 Å². The van der Waals surface area contributed by atoms with Gasteiger partial charge in [-0.2, -0.15) is 8.42 Å². The van der Waals surface area contributed by atoms with Crippen molar-refractivity contribution in [2.45, 2.75) is 37.2 Å². The summed E-state index contributed by atoms with van der Waals surface area (Å²) >= 11 is 0. The van der Waals surface area contributed by atoms with E-state index >= 15 is 0 Å². The Morgan fingerprint density at radius 3 is 2.20 bits per heavy atom. The number of aryl methyl sites for hydroxylation is 1. The second kappa shape index (κ2) is 3.32. The van der Waals surface area contributed by atoms with Crippen LogP contribution in [0.3, 0.4) is 0 Å². The zero-order chi connectivity index (χ0) is 11.1. The van der Waals surface area contributed by atoms with E-state index in [1.807, 2.05) is 13.8 Å². The summed E-state index contributed by atoms with van der Waals surface area (Å²) in [6.45, 7) is 3.73. The fraction of sp³-hybridized carbons (Fsp3) is 0.455. The summed E-state index contributed by atoms with van der Waals surface area (Å²) in [7, 11) is -3.57. The molecule has 0 radical (unpaired) electrons. The van der Waals surface area contributed by atoms with E-state index in [2.05, 4.69) is 0 Å². The molecule has 0 unspecified atom stereocenters. The molecule has 0 aromatic heterocycles. The minimum Gasteiger partial charge on any atom is -0.260 e. The van der Waals surface area contributed by atoms with Crippen LogP contribution in [0.1, 0.15) is 25.3 Å². The molecule has 0 saturated heterocycles. The molecular formula is C11H14O3S. The SMILES string of the molecule is Cc1ccc(S(=O)(=O)OC2(C)CC2)cc1. The fourth-order valence-corrected chi connectivity index (χ4v) is 2.54. The van der Waals surface area contributed by atoms with Crippen LogP contribution in [0, 0.1) is 6.92 Å². The smallest absolute Gasteiger partial charge is 0.260 e. The molecule has 1 aromatic rings. The van der Waals surface area contributed by atoms with Crippen molar-refractivity contribution in [3.63, 3.8) is 0 Å². The van der Waals surface area contributed by atoms with Crippen LogP contribution in [0.25, 0.3) is 0 Å². The van der Waals surface area contributed by atoms with E-state index in [0.717, 1.165) is 18.4 Å². The molecule has 3 nitrogen and oxygen atoms in total. The Kier molecular flexibility index (Phi) is 2.35. The first kappa shape index (κ1) is 10.6. The standard InChI is InChI=1S/C11H14O3S/c1-9-3-5-10(6-4-9)15(12,13)14-11(2)7-8-11/h3-6H,7-8H2,1-2H3. The van der Waals surface area contributed by atoms with E-state index in [-0.39, 0.29) is 4.90 Å². The highest BCUT2D eigenvalue weighted by atomic mass is 32.2. The van der Waals surface area contributed by atoms with Crippen LogP contribution < -0.4 is 0 Å². The quantitative estimate of drug-likeness (QED) is 0.742. The summed E-state index contributed by atoms with van der Waals surface area (Å²) in [5.41, 5.74) is 0.579. The monoisotopic (exact) mass is 226 g/mol. The molecule has 1 fully saturated rings. The topological polar surface area (TPSA) is 43.4 Å². The van der Waals surface area contributed by atoms with Crippen LogP contribution in [0.5, 0.6) is 0 Å². The summed E-state index contributed by atoms with van der Waals surface area (Å²) in [6.07, 6.45) is 1.64. The molecule has 1 aliphatic rings. The van der Waals surface area contributed by atoms with Gasteiger partial charge in [-0.25, -0.2) is 0 Å². The maximum Gasteiger partial charge on any atom is 0.297 e. The molecule has 0 N–H and O–H groups in total. The molecule has 0 bridgehead atoms. The first-order valence-electron chi connectivity index (χ1n) is 4.94. The number of hydrogen-bond donors (Lipinski definition) is 0. The average Bonchev–Trinajstić information content (AvgIpc) is 2.82. The molecule has 2 rings (SSSR count). The normalized spacial score (nSPS) is 18.8. The Balaban J connectivity index is 2.25. The third kappa shape index (κ3) is 2.38. The molecular weight excluding hydrogens is 212 g/mol. The second-order valence-corrected chi connectivity index (χ2v) is 5.85. The van der Waals surface area contributed by atoms with Crippen molar-refractivity contribution in [3.8, 4) is 0 Å². The molecule has 15 heavy (non-hydrogen) atoms. The molecule has 0 heterocycles. The van der Waals surface area contributed by atoms with E-state index in [9.17, 15) is 8.42 Å². The number of hydrogen-bond acceptors (Lipinski definition) is 3. The molecule has 1 saturated carbocycles. The largest absolute Gasteiger partial charge is 0.297 e. The van der Waals surface area contributed by atoms with Gasteiger partial charge in [0, 0.05) is 0 Å². The molecule has 4 heteroatoms. The maximum absolute atomic E-state index is 11.8. The molecule has 1 aliphatic carbocycles. The predicted molar refractivity (Wildman–Crippen MR) is 57.1 cm³/mol. The van der Waals surface area contributed by atoms with Gasteiger partial charge in [-0.05, 0) is 38.8 Å². The first-order valence-corrected chi connectivity index (χ1v) is 6.34. The second-order valence-electron chi connectivity index (χ2n) is 4.30. The molecule has 0 spiro atoms. The lowest BCUT2D eigenvalue weighted by molar-refractivity contribution is 0.208. The van der Waals surface area contributed by atoms with Crippen LogP contribution in [0.15, 0.2) is 29.2 Å². The van der Waals surface area contributed by atoms with Gasteiger partial charge >= 0.3 is 0 Å². The lowest BCUT2D eigenvalue weighted by Gasteiger charge is -2.10. The van der Waals surface area contributed by atoms with Crippen molar-refractivity contribution in [1.82, 2.24) is 0 Å². The van der Waals surface area contributed by atoms with Crippen LogP contribution >= 0.6 is 0 Å². The van der Waals surface area contributed by atoms with E-state index < -0.39 is 15.7 Å². The van der Waals surface area contributed by atoms with Crippen LogP contribution in [0.2, 0.25) is 0 Å². The zero-order valence-corrected chi connectivity index (χ0v) is 9.67. The third-order valence-corrected chi connectivity index (χ3v) is 4.05. The van der Waals surface area contributed by atoms with Gasteiger partial charge in [0.2, 0.25) is 0 Å². The van der Waals surface area contributed by atoms with Gasteiger partial charge in [0.05, 0.1) is 10.5 Å². The van der Waals surface area contributed by atoms with Gasteiger partial charge in [0.25, 0.3) is 10.1 Å². The minimum absolute atomic E-state index is 0.237. The van der Waals surface area contributed by atoms with E-state index in [0.29, 0.717) is 0 Å². The summed E-state index contributed by atoms with van der Waals surface area (Å²) in [6, 6.07) is 6.70. The fourth-order valence-electron chi connectivity index (χ4n) is 1.28. The Labute approximate surface area is 90.2 Å². The summed E-state index contributed by atoms with van der Waals surface area (Å²) in [4.78, 5) is 0.237. The van der Waals surface area contributed by atoms with Gasteiger partial charge in [0.1, 0.15) is 0 Å². The van der Waals surface area contributed by atoms with E-state index in [4.69, 9.17) is 4.18 Å². The van der Waals surface area contributed by atoms with Crippen molar-refractivity contribution in [3.05, 3.63) is 29.8 Å². The average molecular weight is 226 g/mol. The maximum atomic E-state index is 11.8. The Morgan fingerprint density at radius 2 is 1.73 bits per heavy atom. The van der Waals surface area contributed by atoms with Crippen LogP contribution in [-0.2, 0) is 14.3 Å². The number of rotatable bonds is 3. The summed E-state index contributed by atoms with van der Waals surface area (Å²) < 4.78 is 28.7. The molecule has 0 atom stereocenters. The van der Waals surface area contributed by atoms with Crippen molar-refractivity contribution in [2.75, 3.05) is 0 Å². The van der Waals surface area contributed by atoms with Gasteiger partial charge < -0.3 is 0 Å². The van der Waals surface area contributed by atoms with E-state index in [1.54, 1.807) is 24.3 Å². The third-order valence-electron chi connectivity index (χ3n) is 2.57.